The van der Waals surface area contributed by atoms with Gasteiger partial charge in [-0.15, -0.1) is 0 Å². The van der Waals surface area contributed by atoms with E-state index in [0.29, 0.717) is 15.8 Å². The third kappa shape index (κ3) is 9.01. The third-order valence-electron chi connectivity index (χ3n) is 3.78. The van der Waals surface area contributed by atoms with Gasteiger partial charge < -0.3 is 0 Å². The molecule has 0 aliphatic heterocycles. The van der Waals surface area contributed by atoms with Gasteiger partial charge in [-0.05, 0) is 0 Å². The quantitative estimate of drug-likeness (QED) is 0.396. The minimum atomic E-state index is -0.218. The summed E-state index contributed by atoms with van der Waals surface area (Å²) < 4.78 is 0. The van der Waals surface area contributed by atoms with E-state index in [1.807, 2.05) is 0 Å². The van der Waals surface area contributed by atoms with Crippen LogP contribution in [0.15, 0.2) is 0 Å². The molecule has 17 heavy (non-hydrogen) atoms. The van der Waals surface area contributed by atoms with Crippen LogP contribution in [-0.4, -0.2) is 53.4 Å². The van der Waals surface area contributed by atoms with Crippen LogP contribution in [0.2, 0.25) is 10.5 Å². The second-order valence-corrected chi connectivity index (χ2v) is 15.0. The molecule has 0 rings (SSSR count). The molecule has 104 valence electrons. The van der Waals surface area contributed by atoms with Gasteiger partial charge in [0.25, 0.3) is 0 Å². The summed E-state index contributed by atoms with van der Waals surface area (Å²) in [5.41, 5.74) is 2.24. The van der Waals surface area contributed by atoms with E-state index in [-0.39, 0.29) is 15.4 Å². The Morgan fingerprint density at radius 2 is 1.12 bits per heavy atom. The van der Waals surface area contributed by atoms with Crippen molar-refractivity contribution in [2.24, 2.45) is 0 Å². The summed E-state index contributed by atoms with van der Waals surface area (Å²) >= 11 is -0.218. The minimum absolute atomic E-state index is 0.218. The summed E-state index contributed by atoms with van der Waals surface area (Å²) in [7, 11) is 0.657. The van der Waals surface area contributed by atoms with Crippen LogP contribution < -0.4 is 0 Å². The van der Waals surface area contributed by atoms with Gasteiger partial charge in [0.05, 0.1) is 0 Å². The van der Waals surface area contributed by atoms with Gasteiger partial charge in [-0.2, -0.15) is 0 Å². The molecule has 0 spiro atoms. The number of hydrogen-bond donors (Lipinski definition) is 0. The molecule has 0 aromatic rings. The monoisotopic (exact) mass is 338 g/mol. The molecule has 0 fully saturated rings. The average Bonchev–Trinajstić information content (AvgIpc) is 2.26. The zero-order valence-electron chi connectivity index (χ0n) is 13.0. The van der Waals surface area contributed by atoms with Crippen molar-refractivity contribution in [3.8, 4) is 0 Å². The van der Waals surface area contributed by atoms with E-state index in [4.69, 9.17) is 0 Å². The number of rotatable bonds is 10. The Morgan fingerprint density at radius 1 is 0.765 bits per heavy atom. The van der Waals surface area contributed by atoms with E-state index in [2.05, 4.69) is 40.5 Å². The van der Waals surface area contributed by atoms with Gasteiger partial charge in [-0.3, -0.25) is 0 Å². The van der Waals surface area contributed by atoms with Crippen LogP contribution in [0.3, 0.4) is 0 Å². The molecule has 3 heteroatoms. The first-order valence-electron chi connectivity index (χ1n) is 7.35. The fourth-order valence-electron chi connectivity index (χ4n) is 2.58. The van der Waals surface area contributed by atoms with E-state index in [0.717, 1.165) is 11.3 Å². The molecule has 0 aromatic heterocycles. The molecular formula is C14H34GeP2. The molecule has 0 heterocycles. The van der Waals surface area contributed by atoms with Gasteiger partial charge in [0, 0.05) is 0 Å². The molecule has 0 aromatic carbocycles. The van der Waals surface area contributed by atoms with Gasteiger partial charge in [-0.25, -0.2) is 0 Å². The van der Waals surface area contributed by atoms with Crippen LogP contribution in [0.25, 0.3) is 0 Å². The van der Waals surface area contributed by atoms with E-state index in [1.165, 1.54) is 25.7 Å². The van der Waals surface area contributed by atoms with Gasteiger partial charge in [-0.1, -0.05) is 0 Å². The molecule has 0 amide bonds. The number of hydrogen-bond acceptors (Lipinski definition) is 0. The summed E-state index contributed by atoms with van der Waals surface area (Å²) in [5, 5.41) is 3.37. The molecule has 0 bridgehead atoms. The summed E-state index contributed by atoms with van der Waals surface area (Å²) in [5.74, 6) is 0. The van der Waals surface area contributed by atoms with Crippen molar-refractivity contribution in [3.05, 3.63) is 0 Å². The van der Waals surface area contributed by atoms with Crippen LogP contribution in [0, 0.1) is 0 Å². The molecular weight excluding hydrogens is 303 g/mol. The van der Waals surface area contributed by atoms with E-state index >= 15 is 0 Å². The van der Waals surface area contributed by atoms with Gasteiger partial charge >= 0.3 is 119 Å². The Bertz CT molecular complexity index is 154. The van der Waals surface area contributed by atoms with Crippen molar-refractivity contribution >= 4 is 31.3 Å². The standard InChI is InChI=1S/C14H34GeP2/c1-7-9-13(16(3)4)11-15-12-14(10-8-2)17(5)6/h13-14H,7-12,15H2,1-6H3. The zero-order valence-corrected chi connectivity index (χ0v) is 17.8. The second-order valence-electron chi connectivity index (χ2n) is 5.74. The van der Waals surface area contributed by atoms with Crippen LogP contribution in [-0.2, 0) is 0 Å². The molecule has 2 atom stereocenters. The maximum atomic E-state index is 2.49. The topological polar surface area (TPSA) is 0 Å². The first-order valence-corrected chi connectivity index (χ1v) is 16.2. The molecule has 0 aliphatic rings. The average molecular weight is 337 g/mol. The Kier molecular flexibility index (Phi) is 12.2. The van der Waals surface area contributed by atoms with Crippen molar-refractivity contribution in [2.45, 2.75) is 61.4 Å². The maximum absolute atomic E-state index is 2.49. The van der Waals surface area contributed by atoms with Gasteiger partial charge in [0.2, 0.25) is 0 Å². The summed E-state index contributed by atoms with van der Waals surface area (Å²) in [6.45, 7) is 14.7. The predicted octanol–water partition coefficient (Wildman–Crippen LogP) is 4.81. The normalized spacial score (nSPS) is 16.2. The Balaban J connectivity index is 3.91. The molecule has 0 saturated carbocycles. The van der Waals surface area contributed by atoms with E-state index < -0.39 is 0 Å². The third-order valence-corrected chi connectivity index (χ3v) is 14.4. The van der Waals surface area contributed by atoms with Crippen molar-refractivity contribution < 1.29 is 0 Å². The molecule has 2 unspecified atom stereocenters. The Labute approximate surface area is 119 Å². The van der Waals surface area contributed by atoms with Crippen molar-refractivity contribution in [3.63, 3.8) is 0 Å². The van der Waals surface area contributed by atoms with E-state index in [1.54, 1.807) is 10.5 Å². The first-order chi connectivity index (χ1) is 8.02. The fourth-order valence-corrected chi connectivity index (χ4v) is 17.2. The van der Waals surface area contributed by atoms with Crippen LogP contribution >= 0.6 is 15.8 Å². The van der Waals surface area contributed by atoms with E-state index in [9.17, 15) is 0 Å². The predicted molar refractivity (Wildman–Crippen MR) is 93.1 cm³/mol. The van der Waals surface area contributed by atoms with Crippen LogP contribution in [0.5, 0.6) is 0 Å². The second kappa shape index (κ2) is 11.2. The summed E-state index contributed by atoms with van der Waals surface area (Å²) in [6.07, 6.45) is 5.82. The van der Waals surface area contributed by atoms with Crippen molar-refractivity contribution in [1.82, 2.24) is 0 Å². The van der Waals surface area contributed by atoms with Crippen molar-refractivity contribution in [2.75, 3.05) is 26.7 Å². The Hall–Kier alpha value is 1.40. The Morgan fingerprint density at radius 3 is 1.35 bits per heavy atom. The van der Waals surface area contributed by atoms with Crippen molar-refractivity contribution in [1.29, 1.82) is 0 Å². The molecule has 0 saturated heterocycles. The van der Waals surface area contributed by atoms with Gasteiger partial charge in [0.1, 0.15) is 0 Å². The summed E-state index contributed by atoms with van der Waals surface area (Å²) in [4.78, 5) is 0. The zero-order chi connectivity index (χ0) is 13.3. The molecule has 0 N–H and O–H groups in total. The van der Waals surface area contributed by atoms with Crippen LogP contribution in [0.1, 0.15) is 39.5 Å². The van der Waals surface area contributed by atoms with Crippen LogP contribution in [0.4, 0.5) is 0 Å². The molecule has 0 radical (unpaired) electrons. The van der Waals surface area contributed by atoms with Gasteiger partial charge in [0.15, 0.2) is 0 Å². The summed E-state index contributed by atoms with van der Waals surface area (Å²) in [6, 6.07) is 0. The SMILES string of the molecule is CCCC([CH2][GeH2][CH2]C(CCC)P(C)C)P(C)C. The fraction of sp³-hybridized carbons (Fsp3) is 1.00. The molecule has 0 aliphatic carbocycles. The molecule has 0 nitrogen and oxygen atoms in total. The first kappa shape index (κ1) is 18.4.